The van der Waals surface area contributed by atoms with Crippen molar-refractivity contribution in [3.8, 4) is 0 Å². The molecule has 1 aromatic carbocycles. The summed E-state index contributed by atoms with van der Waals surface area (Å²) < 4.78 is 16.0. The number of aliphatic hydroxyl groups excluding tert-OH is 1. The van der Waals surface area contributed by atoms with E-state index >= 15 is 0 Å². The van der Waals surface area contributed by atoms with Crippen molar-refractivity contribution >= 4 is 6.03 Å². The first-order chi connectivity index (χ1) is 12.0. The number of hydrogen-bond acceptors (Lipinski definition) is 3. The first-order valence-electron chi connectivity index (χ1n) is 8.51. The summed E-state index contributed by atoms with van der Waals surface area (Å²) in [5.41, 5.74) is 0.367. The zero-order chi connectivity index (χ0) is 17.8. The van der Waals surface area contributed by atoms with E-state index in [1.165, 1.54) is 6.07 Å². The molecule has 0 bridgehead atoms. The smallest absolute Gasteiger partial charge is 0.315 e. The van der Waals surface area contributed by atoms with Crippen molar-refractivity contribution < 1.29 is 14.3 Å². The Morgan fingerprint density at radius 2 is 2.04 bits per heavy atom. The van der Waals surface area contributed by atoms with Gasteiger partial charge in [0.25, 0.3) is 0 Å². The largest absolute Gasteiger partial charge is 0.393 e. The third kappa shape index (κ3) is 4.17. The summed E-state index contributed by atoms with van der Waals surface area (Å²) in [5, 5.41) is 15.3. The van der Waals surface area contributed by atoms with Crippen LogP contribution >= 0.6 is 0 Å². The molecule has 3 N–H and O–H groups in total. The Morgan fingerprint density at radius 3 is 2.68 bits per heavy atom. The summed E-state index contributed by atoms with van der Waals surface area (Å²) in [6, 6.07) is 5.33. The second-order valence-corrected chi connectivity index (χ2v) is 6.47. The molecule has 25 heavy (non-hydrogen) atoms. The van der Waals surface area contributed by atoms with Crippen LogP contribution in [0.3, 0.4) is 0 Å². The van der Waals surface area contributed by atoms with Crippen LogP contribution in [0.5, 0.6) is 0 Å². The van der Waals surface area contributed by atoms with Crippen molar-refractivity contribution in [2.45, 2.75) is 43.9 Å². The third-order valence-electron chi connectivity index (χ3n) is 4.64. The standard InChI is InChI=1S/C18H23FN4O2/c1-23-11-10-20-17(23)16(14-4-2-3-5-15(14)19)22-18(25)21-12-6-8-13(24)9-7-12/h2-5,10-13,16,24H,6-9H2,1H3,(H2,21,22,25). The zero-order valence-corrected chi connectivity index (χ0v) is 14.2. The van der Waals surface area contributed by atoms with Crippen LogP contribution in [-0.4, -0.2) is 32.8 Å². The van der Waals surface area contributed by atoms with Crippen molar-refractivity contribution in [3.05, 3.63) is 53.9 Å². The van der Waals surface area contributed by atoms with E-state index < -0.39 is 11.9 Å². The molecule has 7 heteroatoms. The molecule has 1 saturated carbocycles. The first kappa shape index (κ1) is 17.4. The summed E-state index contributed by atoms with van der Waals surface area (Å²) in [7, 11) is 1.80. The second kappa shape index (κ2) is 7.65. The SMILES string of the molecule is Cn1ccnc1C(NC(=O)NC1CCC(O)CC1)c1ccccc1F. The third-order valence-corrected chi connectivity index (χ3v) is 4.64. The maximum absolute atomic E-state index is 14.3. The molecule has 0 aliphatic heterocycles. The minimum atomic E-state index is -0.685. The summed E-state index contributed by atoms with van der Waals surface area (Å²) in [6.07, 6.45) is 5.93. The van der Waals surface area contributed by atoms with Gasteiger partial charge in [-0.1, -0.05) is 18.2 Å². The van der Waals surface area contributed by atoms with Crippen molar-refractivity contribution in [2.24, 2.45) is 7.05 Å². The molecule has 0 spiro atoms. The number of hydrogen-bond donors (Lipinski definition) is 3. The van der Waals surface area contributed by atoms with Gasteiger partial charge in [0.05, 0.1) is 6.10 Å². The molecule has 1 fully saturated rings. The van der Waals surface area contributed by atoms with E-state index in [9.17, 15) is 14.3 Å². The number of benzene rings is 1. The Balaban J connectivity index is 1.75. The molecule has 1 unspecified atom stereocenters. The zero-order valence-electron chi connectivity index (χ0n) is 14.2. The Kier molecular flexibility index (Phi) is 5.33. The molecule has 3 rings (SSSR count). The van der Waals surface area contributed by atoms with Gasteiger partial charge in [-0.3, -0.25) is 0 Å². The number of aryl methyl sites for hydroxylation is 1. The van der Waals surface area contributed by atoms with Gasteiger partial charge in [0.15, 0.2) is 0 Å². The molecule has 1 aromatic heterocycles. The Morgan fingerprint density at radius 1 is 1.32 bits per heavy atom. The number of urea groups is 1. The van der Waals surface area contributed by atoms with Crippen LogP contribution in [0.1, 0.15) is 43.1 Å². The van der Waals surface area contributed by atoms with Crippen molar-refractivity contribution in [1.82, 2.24) is 20.2 Å². The molecule has 2 aromatic rings. The fraction of sp³-hybridized carbons (Fsp3) is 0.444. The van der Waals surface area contributed by atoms with Gasteiger partial charge in [0.2, 0.25) is 0 Å². The minimum Gasteiger partial charge on any atom is -0.393 e. The lowest BCUT2D eigenvalue weighted by Gasteiger charge is -2.27. The van der Waals surface area contributed by atoms with Gasteiger partial charge in [-0.15, -0.1) is 0 Å². The van der Waals surface area contributed by atoms with Crippen LogP contribution in [0.25, 0.3) is 0 Å². The maximum atomic E-state index is 14.3. The lowest BCUT2D eigenvalue weighted by molar-refractivity contribution is 0.117. The monoisotopic (exact) mass is 346 g/mol. The molecule has 1 aliphatic carbocycles. The number of aliphatic hydroxyl groups is 1. The molecule has 0 radical (unpaired) electrons. The van der Waals surface area contributed by atoms with E-state index in [1.54, 1.807) is 42.2 Å². The van der Waals surface area contributed by atoms with Gasteiger partial charge in [0, 0.05) is 31.0 Å². The Bertz CT molecular complexity index is 725. The Hall–Kier alpha value is -2.41. The quantitative estimate of drug-likeness (QED) is 0.794. The minimum absolute atomic E-state index is 0.0195. The number of nitrogens with zero attached hydrogens (tertiary/aromatic N) is 2. The van der Waals surface area contributed by atoms with Crippen molar-refractivity contribution in [2.75, 3.05) is 0 Å². The van der Waals surface area contributed by atoms with Crippen LogP contribution in [0, 0.1) is 5.82 Å². The van der Waals surface area contributed by atoms with Gasteiger partial charge in [-0.25, -0.2) is 14.2 Å². The van der Waals surface area contributed by atoms with Crippen LogP contribution in [0.2, 0.25) is 0 Å². The number of aromatic nitrogens is 2. The molecule has 1 heterocycles. The average Bonchev–Trinajstić information content (AvgIpc) is 3.01. The molecule has 2 amide bonds. The fourth-order valence-corrected chi connectivity index (χ4v) is 3.22. The van der Waals surface area contributed by atoms with E-state index in [1.807, 2.05) is 0 Å². The molecule has 0 saturated heterocycles. The van der Waals surface area contributed by atoms with E-state index in [2.05, 4.69) is 15.6 Å². The Labute approximate surface area is 146 Å². The average molecular weight is 346 g/mol. The highest BCUT2D eigenvalue weighted by Crippen LogP contribution is 2.23. The van der Waals surface area contributed by atoms with Gasteiger partial charge in [0.1, 0.15) is 17.7 Å². The molecular weight excluding hydrogens is 323 g/mol. The highest BCUT2D eigenvalue weighted by Gasteiger charge is 2.26. The van der Waals surface area contributed by atoms with Gasteiger partial charge in [-0.05, 0) is 31.7 Å². The van der Waals surface area contributed by atoms with Crippen LogP contribution in [0.15, 0.2) is 36.7 Å². The van der Waals surface area contributed by atoms with E-state index in [0.29, 0.717) is 24.2 Å². The number of halogens is 1. The van der Waals surface area contributed by atoms with E-state index in [4.69, 9.17) is 0 Å². The van der Waals surface area contributed by atoms with E-state index in [-0.39, 0.29) is 18.2 Å². The molecule has 134 valence electrons. The normalized spacial score (nSPS) is 21.6. The number of carbonyl (C=O) groups excluding carboxylic acids is 1. The van der Waals surface area contributed by atoms with Gasteiger partial charge in [-0.2, -0.15) is 0 Å². The second-order valence-electron chi connectivity index (χ2n) is 6.47. The number of nitrogens with one attached hydrogen (secondary N) is 2. The van der Waals surface area contributed by atoms with E-state index in [0.717, 1.165) is 12.8 Å². The molecule has 1 atom stereocenters. The number of imidazole rings is 1. The molecular formula is C18H23FN4O2. The molecule has 1 aliphatic rings. The fourth-order valence-electron chi connectivity index (χ4n) is 3.22. The van der Waals surface area contributed by atoms with Gasteiger partial charge >= 0.3 is 6.03 Å². The highest BCUT2D eigenvalue weighted by molar-refractivity contribution is 5.75. The number of amides is 2. The number of carbonyl (C=O) groups is 1. The maximum Gasteiger partial charge on any atom is 0.315 e. The van der Waals surface area contributed by atoms with Crippen LogP contribution in [-0.2, 0) is 7.05 Å². The summed E-state index contributed by atoms with van der Waals surface area (Å²) >= 11 is 0. The highest BCUT2D eigenvalue weighted by atomic mass is 19.1. The summed E-state index contributed by atoms with van der Waals surface area (Å²) in [4.78, 5) is 16.7. The topological polar surface area (TPSA) is 79.2 Å². The van der Waals surface area contributed by atoms with Crippen molar-refractivity contribution in [1.29, 1.82) is 0 Å². The molecule has 6 nitrogen and oxygen atoms in total. The predicted octanol–water partition coefficient (Wildman–Crippen LogP) is 2.25. The summed E-state index contributed by atoms with van der Waals surface area (Å²) in [6.45, 7) is 0. The predicted molar refractivity (Wildman–Crippen MR) is 91.4 cm³/mol. The number of rotatable bonds is 4. The van der Waals surface area contributed by atoms with Crippen molar-refractivity contribution in [3.63, 3.8) is 0 Å². The summed E-state index contributed by atoms with van der Waals surface area (Å²) in [5.74, 6) is 0.163. The lowest BCUT2D eigenvalue weighted by atomic mass is 9.93. The lowest BCUT2D eigenvalue weighted by Crippen LogP contribution is -2.46. The van der Waals surface area contributed by atoms with Gasteiger partial charge < -0.3 is 20.3 Å². The van der Waals surface area contributed by atoms with Crippen LogP contribution in [0.4, 0.5) is 9.18 Å². The first-order valence-corrected chi connectivity index (χ1v) is 8.51. The van der Waals surface area contributed by atoms with Crippen LogP contribution < -0.4 is 10.6 Å².